The first-order chi connectivity index (χ1) is 14.0. The highest BCUT2D eigenvalue weighted by Crippen LogP contribution is 2.25. The normalized spacial score (nSPS) is 15.8. The van der Waals surface area contributed by atoms with Crippen molar-refractivity contribution in [3.8, 4) is 0 Å². The largest absolute Gasteiger partial charge is 0.383 e. The Balaban J connectivity index is 1.33. The van der Waals surface area contributed by atoms with E-state index in [9.17, 15) is 8.78 Å². The number of nitrogens with two attached hydrogens (primary N) is 2. The Morgan fingerprint density at radius 2 is 1.83 bits per heavy atom. The molecule has 8 heteroatoms. The van der Waals surface area contributed by atoms with Crippen LogP contribution in [0.2, 0.25) is 0 Å². The van der Waals surface area contributed by atoms with Crippen LogP contribution in [0.25, 0.3) is 10.9 Å². The number of ether oxygens (including phenoxy) is 1. The lowest BCUT2D eigenvalue weighted by Crippen LogP contribution is -2.36. The van der Waals surface area contributed by atoms with Crippen molar-refractivity contribution in [2.45, 2.75) is 32.1 Å². The van der Waals surface area contributed by atoms with Gasteiger partial charge in [-0.05, 0) is 42.2 Å². The van der Waals surface area contributed by atoms with E-state index < -0.39 is 11.6 Å². The van der Waals surface area contributed by atoms with Gasteiger partial charge < -0.3 is 16.2 Å². The van der Waals surface area contributed by atoms with Crippen molar-refractivity contribution in [1.82, 2.24) is 14.9 Å². The third-order valence-corrected chi connectivity index (χ3v) is 5.25. The van der Waals surface area contributed by atoms with Crippen LogP contribution in [0.4, 0.5) is 20.5 Å². The Morgan fingerprint density at radius 1 is 1.03 bits per heavy atom. The van der Waals surface area contributed by atoms with Crippen LogP contribution in [0.3, 0.4) is 0 Å². The maximum atomic E-state index is 13.4. The average molecular weight is 399 g/mol. The Morgan fingerprint density at radius 3 is 2.59 bits per heavy atom. The quantitative estimate of drug-likeness (QED) is 0.685. The molecule has 29 heavy (non-hydrogen) atoms. The number of aromatic nitrogens is 2. The van der Waals surface area contributed by atoms with Crippen LogP contribution in [0.1, 0.15) is 24.0 Å². The molecule has 0 aliphatic carbocycles. The monoisotopic (exact) mass is 399 g/mol. The van der Waals surface area contributed by atoms with Crippen LogP contribution in [0.15, 0.2) is 36.4 Å². The molecule has 1 aromatic heterocycles. The fourth-order valence-corrected chi connectivity index (χ4v) is 3.76. The number of benzene rings is 2. The first-order valence-corrected chi connectivity index (χ1v) is 9.58. The first-order valence-electron chi connectivity index (χ1n) is 9.58. The number of nitrogen functional groups attached to an aromatic ring is 2. The summed E-state index contributed by atoms with van der Waals surface area (Å²) in [6.07, 6.45) is 1.86. The van der Waals surface area contributed by atoms with Gasteiger partial charge in [0, 0.05) is 25.0 Å². The van der Waals surface area contributed by atoms with Gasteiger partial charge in [-0.25, -0.2) is 13.8 Å². The minimum absolute atomic E-state index is 0.127. The fraction of sp³-hybridized carbons (Fsp3) is 0.333. The van der Waals surface area contributed by atoms with Gasteiger partial charge in [0.05, 0.1) is 18.2 Å². The van der Waals surface area contributed by atoms with Crippen molar-refractivity contribution >= 4 is 22.7 Å². The molecule has 152 valence electrons. The zero-order chi connectivity index (χ0) is 20.4. The molecule has 0 amide bonds. The molecular weight excluding hydrogens is 376 g/mol. The summed E-state index contributed by atoms with van der Waals surface area (Å²) in [7, 11) is 0. The highest BCUT2D eigenvalue weighted by molar-refractivity contribution is 5.91. The van der Waals surface area contributed by atoms with Crippen LogP contribution in [0.5, 0.6) is 0 Å². The number of nitrogens with zero attached hydrogens (tertiary/aromatic N) is 3. The Labute approximate surface area is 167 Å². The summed E-state index contributed by atoms with van der Waals surface area (Å²) < 4.78 is 32.6. The molecule has 0 saturated carbocycles. The number of rotatable bonds is 5. The van der Waals surface area contributed by atoms with Gasteiger partial charge in [0.25, 0.3) is 0 Å². The number of halogens is 2. The molecule has 6 nitrogen and oxygen atoms in total. The van der Waals surface area contributed by atoms with Crippen molar-refractivity contribution in [3.63, 3.8) is 0 Å². The van der Waals surface area contributed by atoms with Crippen LogP contribution in [-0.2, 0) is 17.9 Å². The van der Waals surface area contributed by atoms with Crippen LogP contribution >= 0.6 is 0 Å². The summed E-state index contributed by atoms with van der Waals surface area (Å²) in [5.41, 5.74) is 14.1. The Bertz CT molecular complexity index is 1020. The zero-order valence-electron chi connectivity index (χ0n) is 15.9. The first kappa shape index (κ1) is 19.5. The summed E-state index contributed by atoms with van der Waals surface area (Å²) in [6, 6.07) is 9.77. The molecule has 1 aliphatic rings. The van der Waals surface area contributed by atoms with E-state index in [2.05, 4.69) is 14.9 Å². The minimum atomic E-state index is -0.817. The maximum absolute atomic E-state index is 13.4. The Kier molecular flexibility index (Phi) is 5.55. The molecule has 0 atom stereocenters. The smallest absolute Gasteiger partial charge is 0.222 e. The summed E-state index contributed by atoms with van der Waals surface area (Å²) in [6.45, 7) is 2.69. The lowest BCUT2D eigenvalue weighted by molar-refractivity contribution is -0.00351. The van der Waals surface area contributed by atoms with Crippen molar-refractivity contribution in [2.24, 2.45) is 0 Å². The second-order valence-corrected chi connectivity index (χ2v) is 7.31. The Hall–Kier alpha value is -2.84. The van der Waals surface area contributed by atoms with E-state index in [0.717, 1.165) is 42.4 Å². The van der Waals surface area contributed by atoms with Gasteiger partial charge in [0.1, 0.15) is 5.82 Å². The molecule has 1 fully saturated rings. The number of fused-ring (bicyclic) bond motifs is 1. The molecule has 0 bridgehead atoms. The summed E-state index contributed by atoms with van der Waals surface area (Å²) in [5, 5.41) is 0.775. The van der Waals surface area contributed by atoms with Gasteiger partial charge in [-0.2, -0.15) is 4.98 Å². The molecular formula is C21H23F2N5O. The van der Waals surface area contributed by atoms with Crippen molar-refractivity contribution < 1.29 is 13.5 Å². The summed E-state index contributed by atoms with van der Waals surface area (Å²) in [5.74, 6) is -1.11. The van der Waals surface area contributed by atoms with Gasteiger partial charge in [-0.3, -0.25) is 4.90 Å². The number of hydrogen-bond acceptors (Lipinski definition) is 6. The van der Waals surface area contributed by atoms with Gasteiger partial charge >= 0.3 is 0 Å². The van der Waals surface area contributed by atoms with Gasteiger partial charge in [-0.1, -0.05) is 18.2 Å². The molecule has 2 heterocycles. The molecule has 0 spiro atoms. The third-order valence-electron chi connectivity index (χ3n) is 5.25. The standard InChI is InChI=1S/C21H23F2N5O/c22-16-5-4-13(10-17(16)23)11-28-8-6-15(7-9-28)29-12-14-2-1-3-18-19(14)20(24)27-21(25)26-18/h1-5,10,15H,6-9,11-12H2,(H4,24,25,26,27). The lowest BCUT2D eigenvalue weighted by Gasteiger charge is -2.32. The fourth-order valence-electron chi connectivity index (χ4n) is 3.76. The van der Waals surface area contributed by atoms with E-state index in [1.54, 1.807) is 6.07 Å². The van der Waals surface area contributed by atoms with Crippen molar-refractivity contribution in [3.05, 3.63) is 59.2 Å². The number of piperidine rings is 1. The van der Waals surface area contributed by atoms with Gasteiger partial charge in [0.2, 0.25) is 5.95 Å². The van der Waals surface area contributed by atoms with Crippen LogP contribution in [0, 0.1) is 11.6 Å². The van der Waals surface area contributed by atoms with Crippen molar-refractivity contribution in [2.75, 3.05) is 24.6 Å². The number of likely N-dealkylation sites (tertiary alicyclic amines) is 1. The van der Waals surface area contributed by atoms with E-state index >= 15 is 0 Å². The second kappa shape index (κ2) is 8.26. The molecule has 1 saturated heterocycles. The van der Waals surface area contributed by atoms with E-state index in [1.165, 1.54) is 12.1 Å². The molecule has 2 aromatic carbocycles. The van der Waals surface area contributed by atoms with E-state index in [0.29, 0.717) is 24.5 Å². The second-order valence-electron chi connectivity index (χ2n) is 7.31. The molecule has 4 N–H and O–H groups in total. The highest BCUT2D eigenvalue weighted by Gasteiger charge is 2.21. The topological polar surface area (TPSA) is 90.3 Å². The molecule has 1 aliphatic heterocycles. The van der Waals surface area contributed by atoms with Crippen LogP contribution < -0.4 is 11.5 Å². The highest BCUT2D eigenvalue weighted by atomic mass is 19.2. The van der Waals surface area contributed by atoms with Gasteiger partial charge in [0.15, 0.2) is 11.6 Å². The molecule has 4 rings (SSSR count). The summed E-state index contributed by atoms with van der Waals surface area (Å²) >= 11 is 0. The van der Waals surface area contributed by atoms with Crippen molar-refractivity contribution in [1.29, 1.82) is 0 Å². The number of hydrogen-bond donors (Lipinski definition) is 2. The van der Waals surface area contributed by atoms with E-state index in [1.807, 2.05) is 18.2 Å². The van der Waals surface area contributed by atoms with E-state index in [-0.39, 0.29) is 12.1 Å². The lowest BCUT2D eigenvalue weighted by atomic mass is 10.1. The predicted molar refractivity (Wildman–Crippen MR) is 108 cm³/mol. The van der Waals surface area contributed by atoms with Gasteiger partial charge in [-0.15, -0.1) is 0 Å². The van der Waals surface area contributed by atoms with Crippen LogP contribution in [-0.4, -0.2) is 34.1 Å². The maximum Gasteiger partial charge on any atom is 0.222 e. The number of anilines is 2. The predicted octanol–water partition coefficient (Wildman–Crippen LogP) is 3.25. The zero-order valence-corrected chi connectivity index (χ0v) is 15.9. The third kappa shape index (κ3) is 4.44. The molecule has 0 unspecified atom stereocenters. The average Bonchev–Trinajstić information content (AvgIpc) is 2.70. The SMILES string of the molecule is Nc1nc(N)c2c(COC3CCN(Cc4ccc(F)c(F)c4)CC3)cccc2n1. The summed E-state index contributed by atoms with van der Waals surface area (Å²) in [4.78, 5) is 10.5. The molecule has 3 aromatic rings. The molecule has 0 radical (unpaired) electrons. The minimum Gasteiger partial charge on any atom is -0.383 e. The van der Waals surface area contributed by atoms with E-state index in [4.69, 9.17) is 16.2 Å².